The van der Waals surface area contributed by atoms with Crippen LogP contribution in [0.15, 0.2) is 36.7 Å². The molecular formula is C16H19N3. The van der Waals surface area contributed by atoms with Gasteiger partial charge in [0.1, 0.15) is 0 Å². The van der Waals surface area contributed by atoms with E-state index in [1.54, 1.807) is 0 Å². The first-order valence-corrected chi connectivity index (χ1v) is 7.06. The van der Waals surface area contributed by atoms with E-state index >= 15 is 0 Å². The van der Waals surface area contributed by atoms with Gasteiger partial charge >= 0.3 is 0 Å². The Kier molecular flexibility index (Phi) is 2.25. The first-order valence-electron chi connectivity index (χ1n) is 7.06. The molecule has 2 aliphatic rings. The normalized spacial score (nSPS) is 28.5. The highest BCUT2D eigenvalue weighted by atomic mass is 15.2. The van der Waals surface area contributed by atoms with Crippen LogP contribution in [0.4, 0.5) is 5.69 Å². The molecule has 1 aromatic heterocycles. The molecule has 0 amide bonds. The maximum Gasteiger partial charge on any atom is 0.0568 e. The van der Waals surface area contributed by atoms with Crippen molar-refractivity contribution in [2.45, 2.75) is 6.92 Å². The topological polar surface area (TPSA) is 21.1 Å². The summed E-state index contributed by atoms with van der Waals surface area (Å²) >= 11 is 0. The number of rotatable bonds is 2. The molecule has 1 aromatic carbocycles. The molecule has 0 spiro atoms. The van der Waals surface area contributed by atoms with Crippen molar-refractivity contribution in [1.29, 1.82) is 0 Å². The number of anilines is 1. The lowest BCUT2D eigenvalue weighted by atomic mass is 10.1. The van der Waals surface area contributed by atoms with Gasteiger partial charge in [-0.05, 0) is 35.4 Å². The first-order chi connectivity index (χ1) is 9.22. The molecule has 19 heavy (non-hydrogen) atoms. The predicted molar refractivity (Wildman–Crippen MR) is 77.0 cm³/mol. The molecule has 4 rings (SSSR count). The van der Waals surface area contributed by atoms with E-state index in [2.05, 4.69) is 47.4 Å². The molecule has 98 valence electrons. The van der Waals surface area contributed by atoms with Crippen molar-refractivity contribution < 1.29 is 0 Å². The van der Waals surface area contributed by atoms with E-state index in [4.69, 9.17) is 0 Å². The summed E-state index contributed by atoms with van der Waals surface area (Å²) < 4.78 is 1.86. The van der Waals surface area contributed by atoms with Crippen LogP contribution < -0.4 is 4.90 Å². The highest BCUT2D eigenvalue weighted by molar-refractivity contribution is 5.67. The average Bonchev–Trinajstić information content (AvgIpc) is 2.86. The maximum absolute atomic E-state index is 4.25. The summed E-state index contributed by atoms with van der Waals surface area (Å²) in [5.74, 6) is 2.85. The summed E-state index contributed by atoms with van der Waals surface area (Å²) in [5.41, 5.74) is 3.82. The third-order valence-corrected chi connectivity index (χ3v) is 4.87. The van der Waals surface area contributed by atoms with Crippen molar-refractivity contribution in [1.82, 2.24) is 9.78 Å². The minimum atomic E-state index is 0.946. The van der Waals surface area contributed by atoms with Gasteiger partial charge in [0.15, 0.2) is 0 Å². The van der Waals surface area contributed by atoms with Crippen LogP contribution in [-0.2, 0) is 7.05 Å². The van der Waals surface area contributed by atoms with Crippen LogP contribution in [0.2, 0.25) is 0 Å². The van der Waals surface area contributed by atoms with Gasteiger partial charge in [0, 0.05) is 37.6 Å². The Hall–Kier alpha value is -1.77. The third-order valence-electron chi connectivity index (χ3n) is 4.87. The van der Waals surface area contributed by atoms with Crippen molar-refractivity contribution in [2.24, 2.45) is 24.8 Å². The molecule has 0 radical (unpaired) electrons. The Morgan fingerprint density at radius 2 is 1.95 bits per heavy atom. The molecule has 2 fully saturated rings. The number of benzene rings is 1. The number of nitrogens with zero attached hydrogens (tertiary/aromatic N) is 3. The van der Waals surface area contributed by atoms with Crippen LogP contribution in [-0.4, -0.2) is 22.9 Å². The van der Waals surface area contributed by atoms with Gasteiger partial charge in [-0.15, -0.1) is 0 Å². The zero-order valence-electron chi connectivity index (χ0n) is 11.5. The molecule has 2 aromatic rings. The molecule has 2 atom stereocenters. The van der Waals surface area contributed by atoms with Gasteiger partial charge in [-0.1, -0.05) is 19.1 Å². The molecule has 0 N–H and O–H groups in total. The molecule has 1 saturated heterocycles. The van der Waals surface area contributed by atoms with Gasteiger partial charge < -0.3 is 4.90 Å². The fraction of sp³-hybridized carbons (Fsp3) is 0.438. The molecular weight excluding hydrogens is 234 g/mol. The van der Waals surface area contributed by atoms with E-state index in [-0.39, 0.29) is 0 Å². The number of aromatic nitrogens is 2. The summed E-state index contributed by atoms with van der Waals surface area (Å²) in [6.45, 7) is 4.86. The number of hydrogen-bond donors (Lipinski definition) is 0. The monoisotopic (exact) mass is 253 g/mol. The van der Waals surface area contributed by atoms with Gasteiger partial charge in [0.2, 0.25) is 0 Å². The van der Waals surface area contributed by atoms with Gasteiger partial charge in [0.25, 0.3) is 0 Å². The summed E-state index contributed by atoms with van der Waals surface area (Å²) in [7, 11) is 1.96. The van der Waals surface area contributed by atoms with Gasteiger partial charge in [0.05, 0.1) is 6.20 Å². The second-order valence-corrected chi connectivity index (χ2v) is 6.04. The third kappa shape index (κ3) is 1.76. The van der Waals surface area contributed by atoms with Crippen LogP contribution in [0.3, 0.4) is 0 Å². The quantitative estimate of drug-likeness (QED) is 0.820. The molecule has 1 saturated carbocycles. The van der Waals surface area contributed by atoms with Crippen LogP contribution in [0.5, 0.6) is 0 Å². The second-order valence-electron chi connectivity index (χ2n) is 6.04. The van der Waals surface area contributed by atoms with E-state index in [1.165, 1.54) is 29.9 Å². The molecule has 2 heterocycles. The zero-order valence-corrected chi connectivity index (χ0v) is 11.5. The molecule has 2 unspecified atom stereocenters. The fourth-order valence-corrected chi connectivity index (χ4v) is 3.49. The van der Waals surface area contributed by atoms with Gasteiger partial charge in [-0.2, -0.15) is 5.10 Å². The smallest absolute Gasteiger partial charge is 0.0568 e. The standard InChI is InChI=1S/C16H19N3/c1-11-15-9-19(10-16(11)15)14-5-3-4-12(6-14)13-7-17-18(2)8-13/h3-8,11,15-16H,9-10H2,1-2H3. The van der Waals surface area contributed by atoms with E-state index in [0.717, 1.165) is 17.8 Å². The summed E-state index contributed by atoms with van der Waals surface area (Å²) in [5, 5.41) is 4.25. The Morgan fingerprint density at radius 1 is 1.16 bits per heavy atom. The molecule has 3 heteroatoms. The molecule has 1 aliphatic heterocycles. The van der Waals surface area contributed by atoms with Gasteiger partial charge in [-0.3, -0.25) is 4.68 Å². The Labute approximate surface area is 113 Å². The number of aryl methyl sites for hydroxylation is 1. The maximum atomic E-state index is 4.25. The summed E-state index contributed by atoms with van der Waals surface area (Å²) in [6, 6.07) is 8.85. The van der Waals surface area contributed by atoms with E-state index in [9.17, 15) is 0 Å². The van der Waals surface area contributed by atoms with E-state index in [1.807, 2.05) is 17.9 Å². The SMILES string of the molecule is CC1C2CN(c3cccc(-c4cnn(C)c4)c3)CC12. The van der Waals surface area contributed by atoms with Crippen LogP contribution in [0.25, 0.3) is 11.1 Å². The van der Waals surface area contributed by atoms with Crippen LogP contribution in [0.1, 0.15) is 6.92 Å². The number of fused-ring (bicyclic) bond motifs is 1. The van der Waals surface area contributed by atoms with Crippen molar-refractivity contribution >= 4 is 5.69 Å². The van der Waals surface area contributed by atoms with Crippen molar-refractivity contribution in [2.75, 3.05) is 18.0 Å². The minimum absolute atomic E-state index is 0.946. The summed E-state index contributed by atoms with van der Waals surface area (Å²) in [6.07, 6.45) is 4.01. The molecule has 0 bridgehead atoms. The highest BCUT2D eigenvalue weighted by Crippen LogP contribution is 2.52. The lowest BCUT2D eigenvalue weighted by Gasteiger charge is -2.21. The highest BCUT2D eigenvalue weighted by Gasteiger charge is 2.52. The Morgan fingerprint density at radius 3 is 2.63 bits per heavy atom. The van der Waals surface area contributed by atoms with E-state index < -0.39 is 0 Å². The van der Waals surface area contributed by atoms with Crippen molar-refractivity contribution in [3.05, 3.63) is 36.7 Å². The molecule has 1 aliphatic carbocycles. The summed E-state index contributed by atoms with van der Waals surface area (Å²) in [4.78, 5) is 2.54. The first kappa shape index (κ1) is 11.1. The fourth-order valence-electron chi connectivity index (χ4n) is 3.49. The van der Waals surface area contributed by atoms with Crippen molar-refractivity contribution in [3.8, 4) is 11.1 Å². The molecule has 3 nitrogen and oxygen atoms in total. The van der Waals surface area contributed by atoms with Crippen LogP contribution >= 0.6 is 0 Å². The zero-order chi connectivity index (χ0) is 13.0. The predicted octanol–water partition coefficient (Wildman–Crippen LogP) is 2.79. The van der Waals surface area contributed by atoms with Crippen molar-refractivity contribution in [3.63, 3.8) is 0 Å². The average molecular weight is 253 g/mol. The van der Waals surface area contributed by atoms with E-state index in [0.29, 0.717) is 0 Å². The lowest BCUT2D eigenvalue weighted by molar-refractivity contribution is 0.690. The number of hydrogen-bond acceptors (Lipinski definition) is 2. The lowest BCUT2D eigenvalue weighted by Crippen LogP contribution is -2.23. The Balaban J connectivity index is 1.61. The van der Waals surface area contributed by atoms with Crippen LogP contribution in [0, 0.1) is 17.8 Å². The van der Waals surface area contributed by atoms with Gasteiger partial charge in [-0.25, -0.2) is 0 Å². The number of piperidine rings is 1. The Bertz CT molecular complexity index is 604. The largest absolute Gasteiger partial charge is 0.371 e. The minimum Gasteiger partial charge on any atom is -0.371 e. The second kappa shape index (κ2) is 3.86.